The maximum Gasteiger partial charge on any atom is 0.0394 e. The number of hydrogen-bond acceptors (Lipinski definition) is 2. The minimum absolute atomic E-state index is 0.253. The molecule has 2 nitrogen and oxygen atoms in total. The Morgan fingerprint density at radius 1 is 1.23 bits per heavy atom. The molecule has 0 aliphatic carbocycles. The van der Waals surface area contributed by atoms with Gasteiger partial charge in [-0.3, -0.25) is 4.90 Å². The van der Waals surface area contributed by atoms with Crippen LogP contribution in [-0.2, 0) is 0 Å². The lowest BCUT2D eigenvalue weighted by Crippen LogP contribution is -2.49. The fourth-order valence-corrected chi connectivity index (χ4v) is 2.86. The Morgan fingerprint density at radius 2 is 2.08 bits per heavy atom. The van der Waals surface area contributed by atoms with Crippen LogP contribution in [0.25, 0.3) is 0 Å². The monoisotopic (exact) mass is 185 g/mol. The zero-order valence-electron chi connectivity index (χ0n) is 11.7. The van der Waals surface area contributed by atoms with Gasteiger partial charge in [0, 0.05) is 28.8 Å². The SMILES string of the molecule is [2H]C([2H])([2H])N1CCCC2C1CCN2C(C)C. The molecular weight excluding hydrogens is 160 g/mol. The van der Waals surface area contributed by atoms with Gasteiger partial charge in [-0.2, -0.15) is 0 Å². The van der Waals surface area contributed by atoms with Crippen LogP contribution in [0.15, 0.2) is 0 Å². The fourth-order valence-electron chi connectivity index (χ4n) is 2.86. The molecule has 2 saturated heterocycles. The van der Waals surface area contributed by atoms with Gasteiger partial charge >= 0.3 is 0 Å². The first-order valence-corrected chi connectivity index (χ1v) is 5.44. The number of likely N-dealkylation sites (N-methyl/N-ethyl adjacent to an activating group) is 1. The predicted octanol–water partition coefficient (Wildman–Crippen LogP) is 1.56. The zero-order valence-corrected chi connectivity index (χ0v) is 8.66. The second-order valence-electron chi connectivity index (χ2n) is 4.59. The summed E-state index contributed by atoms with van der Waals surface area (Å²) in [6, 6.07) is 1.25. The minimum Gasteiger partial charge on any atom is -0.302 e. The molecule has 2 aliphatic heterocycles. The Kier molecular flexibility index (Phi) is 1.77. The van der Waals surface area contributed by atoms with Gasteiger partial charge in [0.1, 0.15) is 0 Å². The third-order valence-electron chi connectivity index (χ3n) is 3.52. The largest absolute Gasteiger partial charge is 0.302 e. The van der Waals surface area contributed by atoms with Gasteiger partial charge in [-0.15, -0.1) is 0 Å². The van der Waals surface area contributed by atoms with Crippen LogP contribution in [0.5, 0.6) is 0 Å². The summed E-state index contributed by atoms with van der Waals surface area (Å²) in [7, 11) is 0. The topological polar surface area (TPSA) is 6.48 Å². The van der Waals surface area contributed by atoms with E-state index >= 15 is 0 Å². The van der Waals surface area contributed by atoms with Gasteiger partial charge in [-0.25, -0.2) is 0 Å². The lowest BCUT2D eigenvalue weighted by atomic mass is 9.97. The van der Waals surface area contributed by atoms with Gasteiger partial charge in [0.15, 0.2) is 0 Å². The van der Waals surface area contributed by atoms with E-state index < -0.39 is 6.98 Å². The highest BCUT2D eigenvalue weighted by Crippen LogP contribution is 2.30. The first-order chi connectivity index (χ1) is 7.41. The molecule has 2 fully saturated rings. The lowest BCUT2D eigenvalue weighted by Gasteiger charge is -2.39. The van der Waals surface area contributed by atoms with E-state index in [-0.39, 0.29) is 6.04 Å². The molecule has 2 heterocycles. The first-order valence-electron chi connectivity index (χ1n) is 6.94. The molecular formula is C11H22N2. The smallest absolute Gasteiger partial charge is 0.0394 e. The van der Waals surface area contributed by atoms with Crippen molar-refractivity contribution < 1.29 is 4.11 Å². The van der Waals surface area contributed by atoms with Gasteiger partial charge < -0.3 is 4.90 Å². The molecule has 0 amide bonds. The number of hydrogen-bond donors (Lipinski definition) is 0. The van der Waals surface area contributed by atoms with Crippen molar-refractivity contribution in [1.29, 1.82) is 0 Å². The molecule has 0 radical (unpaired) electrons. The van der Waals surface area contributed by atoms with Crippen molar-refractivity contribution in [1.82, 2.24) is 9.80 Å². The van der Waals surface area contributed by atoms with Crippen LogP contribution in [-0.4, -0.2) is 48.0 Å². The molecule has 0 saturated carbocycles. The normalized spacial score (nSPS) is 41.3. The van der Waals surface area contributed by atoms with Crippen LogP contribution in [0.3, 0.4) is 0 Å². The maximum atomic E-state index is 7.59. The Hall–Kier alpha value is -0.0800. The molecule has 2 atom stereocenters. The van der Waals surface area contributed by atoms with Crippen molar-refractivity contribution in [3.63, 3.8) is 0 Å². The van der Waals surface area contributed by atoms with E-state index in [9.17, 15) is 0 Å². The molecule has 0 N–H and O–H groups in total. The predicted molar refractivity (Wildman–Crippen MR) is 55.9 cm³/mol. The maximum absolute atomic E-state index is 7.59. The molecule has 0 bridgehead atoms. The van der Waals surface area contributed by atoms with Crippen LogP contribution in [0.2, 0.25) is 0 Å². The van der Waals surface area contributed by atoms with Crippen LogP contribution in [0.1, 0.15) is 37.2 Å². The van der Waals surface area contributed by atoms with E-state index in [1.165, 1.54) is 0 Å². The van der Waals surface area contributed by atoms with Gasteiger partial charge in [0.25, 0.3) is 0 Å². The summed E-state index contributed by atoms with van der Waals surface area (Å²) < 4.78 is 22.8. The quantitative estimate of drug-likeness (QED) is 0.612. The van der Waals surface area contributed by atoms with Crippen molar-refractivity contribution >= 4 is 0 Å². The van der Waals surface area contributed by atoms with E-state index in [1.54, 1.807) is 4.90 Å². The molecule has 2 heteroatoms. The lowest BCUT2D eigenvalue weighted by molar-refractivity contribution is 0.0991. The zero-order chi connectivity index (χ0) is 11.9. The number of piperidine rings is 1. The molecule has 0 spiro atoms. The summed E-state index contributed by atoms with van der Waals surface area (Å²) in [6.07, 6.45) is 3.19. The Morgan fingerprint density at radius 3 is 2.77 bits per heavy atom. The second kappa shape index (κ2) is 3.58. The fraction of sp³-hybridized carbons (Fsp3) is 1.00. The Labute approximate surface area is 86.1 Å². The van der Waals surface area contributed by atoms with E-state index in [4.69, 9.17) is 4.11 Å². The number of rotatable bonds is 1. The second-order valence-corrected chi connectivity index (χ2v) is 4.59. The molecule has 2 unspecified atom stereocenters. The molecule has 2 rings (SSSR count). The van der Waals surface area contributed by atoms with Gasteiger partial charge in [-0.05, 0) is 46.6 Å². The van der Waals surface area contributed by atoms with Crippen LogP contribution in [0, 0.1) is 0 Å². The van der Waals surface area contributed by atoms with Crippen molar-refractivity contribution in [2.24, 2.45) is 0 Å². The highest BCUT2D eigenvalue weighted by atomic mass is 15.3. The third kappa shape index (κ3) is 1.62. The minimum atomic E-state index is -1.91. The highest BCUT2D eigenvalue weighted by molar-refractivity contribution is 4.96. The summed E-state index contributed by atoms with van der Waals surface area (Å²) in [5.74, 6) is 0. The van der Waals surface area contributed by atoms with E-state index in [0.717, 1.165) is 32.4 Å². The number of nitrogens with zero attached hydrogens (tertiary/aromatic N) is 2. The summed E-state index contributed by atoms with van der Waals surface area (Å²) in [4.78, 5) is 4.23. The van der Waals surface area contributed by atoms with E-state index in [2.05, 4.69) is 18.7 Å². The van der Waals surface area contributed by atoms with Gasteiger partial charge in [0.2, 0.25) is 0 Å². The molecule has 76 valence electrons. The average Bonchev–Trinajstić information content (AvgIpc) is 2.58. The van der Waals surface area contributed by atoms with Crippen molar-refractivity contribution in [2.75, 3.05) is 20.1 Å². The summed E-state index contributed by atoms with van der Waals surface area (Å²) in [5, 5.41) is 0. The van der Waals surface area contributed by atoms with E-state index in [0.29, 0.717) is 12.1 Å². The van der Waals surface area contributed by atoms with Crippen molar-refractivity contribution in [3.8, 4) is 0 Å². The summed E-state index contributed by atoms with van der Waals surface area (Å²) >= 11 is 0. The molecule has 0 aromatic carbocycles. The van der Waals surface area contributed by atoms with Crippen LogP contribution >= 0.6 is 0 Å². The van der Waals surface area contributed by atoms with Gasteiger partial charge in [0.05, 0.1) is 0 Å². The van der Waals surface area contributed by atoms with Crippen molar-refractivity contribution in [2.45, 2.75) is 51.2 Å². The number of fused-ring (bicyclic) bond motifs is 1. The highest BCUT2D eigenvalue weighted by Gasteiger charge is 2.39. The van der Waals surface area contributed by atoms with Crippen LogP contribution < -0.4 is 0 Å². The molecule has 13 heavy (non-hydrogen) atoms. The standard InChI is InChI=1S/C11H22N2/c1-9(2)13-8-6-10-11(13)5-4-7-12(10)3/h9-11H,4-8H2,1-3H3/i3D3. The third-order valence-corrected chi connectivity index (χ3v) is 3.52. The summed E-state index contributed by atoms with van der Waals surface area (Å²) in [6.45, 7) is 4.30. The van der Waals surface area contributed by atoms with Gasteiger partial charge in [-0.1, -0.05) is 0 Å². The summed E-state index contributed by atoms with van der Waals surface area (Å²) in [5.41, 5.74) is 0. The first kappa shape index (κ1) is 6.41. The molecule has 0 aromatic heterocycles. The Balaban J connectivity index is 2.12. The van der Waals surface area contributed by atoms with Crippen molar-refractivity contribution in [3.05, 3.63) is 0 Å². The Bertz CT molecular complexity index is 252. The molecule has 2 aliphatic rings. The molecule has 0 aromatic rings. The van der Waals surface area contributed by atoms with Crippen LogP contribution in [0.4, 0.5) is 0 Å². The van der Waals surface area contributed by atoms with E-state index in [1.807, 2.05) is 0 Å². The average molecular weight is 185 g/mol. The number of likely N-dealkylation sites (tertiary alicyclic amines) is 2.